The molecule has 3 N–H and O–H groups in total. The zero-order valence-corrected chi connectivity index (χ0v) is 15.7. The minimum absolute atomic E-state index is 0.0529. The van der Waals surface area contributed by atoms with Crippen molar-refractivity contribution in [2.24, 2.45) is 0 Å². The van der Waals surface area contributed by atoms with Gasteiger partial charge in [0.05, 0.1) is 16.6 Å². The van der Waals surface area contributed by atoms with Gasteiger partial charge in [0, 0.05) is 25.2 Å². The summed E-state index contributed by atoms with van der Waals surface area (Å²) >= 11 is 0. The van der Waals surface area contributed by atoms with Crippen LogP contribution in [0.15, 0.2) is 36.4 Å². The number of benzene rings is 2. The molecule has 0 atom stereocenters. The number of carbonyl (C=O) groups excluding carboxylic acids is 2. The first-order chi connectivity index (χ1) is 13.9. The number of nitrogens with one attached hydrogen (secondary N) is 1. The minimum Gasteiger partial charge on any atom is -0.393 e. The lowest BCUT2D eigenvalue weighted by molar-refractivity contribution is -0.384. The largest absolute Gasteiger partial charge is 0.393 e. The Hall–Kier alpha value is -3.49. The predicted octanol–water partition coefficient (Wildman–Crippen LogP) is 2.87. The molecule has 0 saturated carbocycles. The van der Waals surface area contributed by atoms with Gasteiger partial charge in [0.1, 0.15) is 11.5 Å². The van der Waals surface area contributed by atoms with Crippen LogP contribution in [-0.4, -0.2) is 34.7 Å². The first-order valence-corrected chi connectivity index (χ1v) is 9.26. The molecule has 3 rings (SSSR count). The number of rotatable bonds is 5. The van der Waals surface area contributed by atoms with Crippen molar-refractivity contribution >= 4 is 23.2 Å². The lowest BCUT2D eigenvalue weighted by Gasteiger charge is -2.26. The van der Waals surface area contributed by atoms with Gasteiger partial charge in [-0.3, -0.25) is 19.7 Å². The van der Waals surface area contributed by atoms with Crippen molar-refractivity contribution in [2.75, 3.05) is 18.8 Å². The van der Waals surface area contributed by atoms with E-state index in [1.165, 1.54) is 0 Å². The van der Waals surface area contributed by atoms with Gasteiger partial charge in [-0.25, -0.2) is 4.39 Å². The monoisotopic (exact) mass is 400 g/mol. The Morgan fingerprint density at radius 1 is 1.17 bits per heavy atom. The molecule has 0 radical (unpaired) electrons. The molecule has 1 heterocycles. The third-order valence-corrected chi connectivity index (χ3v) is 4.83. The molecule has 0 aromatic heterocycles. The Kier molecular flexibility index (Phi) is 6.06. The fraction of sp³-hybridized carbons (Fsp3) is 0.300. The van der Waals surface area contributed by atoms with Crippen molar-refractivity contribution in [1.82, 2.24) is 10.2 Å². The van der Waals surface area contributed by atoms with E-state index in [1.54, 1.807) is 24.3 Å². The van der Waals surface area contributed by atoms with Crippen LogP contribution < -0.4 is 11.1 Å². The van der Waals surface area contributed by atoms with Crippen LogP contribution in [0.2, 0.25) is 0 Å². The van der Waals surface area contributed by atoms with E-state index in [2.05, 4.69) is 5.32 Å². The first-order valence-electron chi connectivity index (χ1n) is 9.26. The van der Waals surface area contributed by atoms with Crippen molar-refractivity contribution in [1.29, 1.82) is 0 Å². The topological polar surface area (TPSA) is 119 Å². The molecular formula is C20H21FN4O4. The van der Waals surface area contributed by atoms with E-state index in [4.69, 9.17) is 5.73 Å². The van der Waals surface area contributed by atoms with E-state index in [0.29, 0.717) is 17.2 Å². The zero-order valence-electron chi connectivity index (χ0n) is 15.7. The number of nitrogen functional groups attached to an aromatic ring is 1. The Morgan fingerprint density at radius 3 is 2.59 bits per heavy atom. The SMILES string of the molecule is Nc1c(C(=O)NCc2cccc(C(=O)N3CCCCC3)c2)cc(F)cc1[N+](=O)[O-]. The van der Waals surface area contributed by atoms with E-state index < -0.39 is 28.0 Å². The fourth-order valence-corrected chi connectivity index (χ4v) is 3.31. The van der Waals surface area contributed by atoms with Crippen LogP contribution in [-0.2, 0) is 6.54 Å². The van der Waals surface area contributed by atoms with Crippen molar-refractivity contribution in [3.8, 4) is 0 Å². The van der Waals surface area contributed by atoms with Crippen molar-refractivity contribution in [3.05, 3.63) is 69.0 Å². The van der Waals surface area contributed by atoms with Crippen LogP contribution in [0.1, 0.15) is 45.5 Å². The quantitative estimate of drug-likeness (QED) is 0.454. The maximum Gasteiger partial charge on any atom is 0.295 e. The van der Waals surface area contributed by atoms with Gasteiger partial charge in [0.15, 0.2) is 0 Å². The van der Waals surface area contributed by atoms with Crippen LogP contribution in [0.3, 0.4) is 0 Å². The average molecular weight is 400 g/mol. The summed E-state index contributed by atoms with van der Waals surface area (Å²) in [5, 5.41) is 13.5. The highest BCUT2D eigenvalue weighted by Crippen LogP contribution is 2.26. The molecule has 0 aliphatic carbocycles. The van der Waals surface area contributed by atoms with Gasteiger partial charge in [-0.1, -0.05) is 12.1 Å². The maximum absolute atomic E-state index is 13.6. The number of likely N-dealkylation sites (tertiary alicyclic amines) is 1. The molecule has 2 amide bonds. The summed E-state index contributed by atoms with van der Waals surface area (Å²) in [7, 11) is 0. The first kappa shape index (κ1) is 20.2. The van der Waals surface area contributed by atoms with E-state index in [1.807, 2.05) is 4.90 Å². The molecule has 152 valence electrons. The summed E-state index contributed by atoms with van der Waals surface area (Å²) in [6.07, 6.45) is 3.10. The molecule has 0 unspecified atom stereocenters. The molecule has 0 spiro atoms. The van der Waals surface area contributed by atoms with Gasteiger partial charge in [-0.05, 0) is 43.0 Å². The van der Waals surface area contributed by atoms with E-state index in [0.717, 1.165) is 38.4 Å². The van der Waals surface area contributed by atoms with Crippen molar-refractivity contribution < 1.29 is 18.9 Å². The molecule has 8 nitrogen and oxygen atoms in total. The summed E-state index contributed by atoms with van der Waals surface area (Å²) in [5.74, 6) is -1.72. The molecule has 1 fully saturated rings. The summed E-state index contributed by atoms with van der Waals surface area (Å²) in [6, 6.07) is 8.39. The molecule has 2 aromatic carbocycles. The fourth-order valence-electron chi connectivity index (χ4n) is 3.31. The zero-order chi connectivity index (χ0) is 21.0. The van der Waals surface area contributed by atoms with Gasteiger partial charge in [-0.15, -0.1) is 0 Å². The summed E-state index contributed by atoms with van der Waals surface area (Å²) in [6.45, 7) is 1.53. The van der Waals surface area contributed by atoms with Crippen molar-refractivity contribution in [2.45, 2.75) is 25.8 Å². The Labute approximate surface area is 166 Å². The Morgan fingerprint density at radius 2 is 1.90 bits per heavy atom. The molecule has 1 aliphatic heterocycles. The number of nitro benzene ring substituents is 1. The number of hydrogen-bond acceptors (Lipinski definition) is 5. The van der Waals surface area contributed by atoms with Gasteiger partial charge in [0.25, 0.3) is 17.5 Å². The van der Waals surface area contributed by atoms with E-state index in [-0.39, 0.29) is 18.0 Å². The predicted molar refractivity (Wildman–Crippen MR) is 105 cm³/mol. The van der Waals surface area contributed by atoms with Gasteiger partial charge in [0.2, 0.25) is 0 Å². The molecule has 29 heavy (non-hydrogen) atoms. The standard InChI is InChI=1S/C20H21FN4O4/c21-15-10-16(18(22)17(11-15)25(28)29)19(26)23-12-13-5-4-6-14(9-13)20(27)24-7-2-1-3-8-24/h4-6,9-11H,1-3,7-8,12,22H2,(H,23,26). The molecule has 9 heteroatoms. The Bertz CT molecular complexity index is 957. The molecule has 1 aliphatic rings. The lowest BCUT2D eigenvalue weighted by atomic mass is 10.1. The molecular weight excluding hydrogens is 379 g/mol. The molecule has 2 aromatic rings. The average Bonchev–Trinajstić information content (AvgIpc) is 2.73. The second-order valence-electron chi connectivity index (χ2n) is 6.88. The number of nitrogens with two attached hydrogens (primary N) is 1. The number of carbonyl (C=O) groups is 2. The van der Waals surface area contributed by atoms with Crippen LogP contribution in [0, 0.1) is 15.9 Å². The Balaban J connectivity index is 1.71. The number of anilines is 1. The number of nitrogens with zero attached hydrogens (tertiary/aromatic N) is 2. The minimum atomic E-state index is -0.926. The van der Waals surface area contributed by atoms with Crippen LogP contribution in [0.25, 0.3) is 0 Å². The highest BCUT2D eigenvalue weighted by molar-refractivity contribution is 6.01. The lowest BCUT2D eigenvalue weighted by Crippen LogP contribution is -2.35. The number of hydrogen-bond donors (Lipinski definition) is 2. The van der Waals surface area contributed by atoms with E-state index in [9.17, 15) is 24.1 Å². The van der Waals surface area contributed by atoms with Gasteiger partial charge >= 0.3 is 0 Å². The summed E-state index contributed by atoms with van der Waals surface area (Å²) in [4.78, 5) is 36.9. The maximum atomic E-state index is 13.6. The highest BCUT2D eigenvalue weighted by Gasteiger charge is 2.22. The van der Waals surface area contributed by atoms with Crippen molar-refractivity contribution in [3.63, 3.8) is 0 Å². The van der Waals surface area contributed by atoms with Crippen LogP contribution in [0.4, 0.5) is 15.8 Å². The van der Waals surface area contributed by atoms with E-state index >= 15 is 0 Å². The smallest absolute Gasteiger partial charge is 0.295 e. The second-order valence-corrected chi connectivity index (χ2v) is 6.88. The van der Waals surface area contributed by atoms with Gasteiger partial charge in [-0.2, -0.15) is 0 Å². The normalized spacial score (nSPS) is 13.8. The number of amides is 2. The number of nitro groups is 1. The van der Waals surface area contributed by atoms with Gasteiger partial charge < -0.3 is 16.0 Å². The molecule has 0 bridgehead atoms. The molecule has 1 saturated heterocycles. The van der Waals surface area contributed by atoms with Crippen LogP contribution in [0.5, 0.6) is 0 Å². The third kappa shape index (κ3) is 4.68. The number of piperidine rings is 1. The van der Waals surface area contributed by atoms with Crippen LogP contribution >= 0.6 is 0 Å². The summed E-state index contributed by atoms with van der Waals surface area (Å²) in [5.41, 5.74) is 5.48. The highest BCUT2D eigenvalue weighted by atomic mass is 19.1. The number of halogens is 1. The third-order valence-electron chi connectivity index (χ3n) is 4.83. The second kappa shape index (κ2) is 8.68. The summed E-state index contributed by atoms with van der Waals surface area (Å²) < 4.78 is 13.6.